The number of thioether (sulfide) groups is 1. The van der Waals surface area contributed by atoms with Gasteiger partial charge in [-0.15, -0.1) is 23.1 Å². The van der Waals surface area contributed by atoms with Gasteiger partial charge in [0.05, 0.1) is 23.0 Å². The second-order valence-corrected chi connectivity index (χ2v) is 9.43. The molecule has 154 valence electrons. The Morgan fingerprint density at radius 2 is 2.03 bits per heavy atom. The predicted octanol–water partition coefficient (Wildman–Crippen LogP) is 3.24. The molecule has 2 heterocycles. The largest absolute Gasteiger partial charge is 0.395 e. The van der Waals surface area contributed by atoms with E-state index in [1.54, 1.807) is 4.90 Å². The van der Waals surface area contributed by atoms with E-state index in [1.807, 2.05) is 51.1 Å². The lowest BCUT2D eigenvalue weighted by molar-refractivity contribution is -0.131. The molecule has 0 aliphatic heterocycles. The third-order valence-corrected chi connectivity index (χ3v) is 7.05. The maximum absolute atomic E-state index is 12.9. The van der Waals surface area contributed by atoms with Crippen molar-refractivity contribution < 1.29 is 9.90 Å². The summed E-state index contributed by atoms with van der Waals surface area (Å²) in [6.07, 6.45) is 0. The summed E-state index contributed by atoms with van der Waals surface area (Å²) < 4.78 is 0. The summed E-state index contributed by atoms with van der Waals surface area (Å²) >= 11 is 2.95. The third-order valence-electron chi connectivity index (χ3n) is 4.80. The molecule has 0 radical (unpaired) electrons. The molecule has 29 heavy (non-hydrogen) atoms. The number of aryl methyl sites for hydroxylation is 2. The van der Waals surface area contributed by atoms with E-state index in [0.29, 0.717) is 23.5 Å². The van der Waals surface area contributed by atoms with Gasteiger partial charge in [0, 0.05) is 18.0 Å². The number of aliphatic hydroxyl groups is 1. The van der Waals surface area contributed by atoms with E-state index in [-0.39, 0.29) is 29.9 Å². The molecule has 0 saturated heterocycles. The van der Waals surface area contributed by atoms with Crippen molar-refractivity contribution in [3.63, 3.8) is 0 Å². The van der Waals surface area contributed by atoms with E-state index in [9.17, 15) is 14.7 Å². The molecular formula is C21H25N3O3S2. The van der Waals surface area contributed by atoms with Gasteiger partial charge in [0.1, 0.15) is 10.7 Å². The Morgan fingerprint density at radius 1 is 1.31 bits per heavy atom. The maximum atomic E-state index is 12.9. The number of aliphatic hydroxyl groups excluding tert-OH is 1. The molecule has 2 N–H and O–H groups in total. The lowest BCUT2D eigenvalue weighted by Gasteiger charge is -2.25. The standard InChI is InChI=1S/C21H25N3O3S2/c1-13-14(2)29-20-18(13)19(26)22-17(23-20)12-28-15(3)21(27)24(9-10-25)11-16-7-5-4-6-8-16/h4-8,15,25H,9-12H2,1-3H3,(H,22,23,26). The van der Waals surface area contributed by atoms with Gasteiger partial charge >= 0.3 is 0 Å². The van der Waals surface area contributed by atoms with Gasteiger partial charge in [-0.05, 0) is 31.9 Å². The van der Waals surface area contributed by atoms with E-state index in [1.165, 1.54) is 23.1 Å². The van der Waals surface area contributed by atoms with E-state index in [0.717, 1.165) is 20.8 Å². The highest BCUT2D eigenvalue weighted by Crippen LogP contribution is 2.26. The van der Waals surface area contributed by atoms with E-state index < -0.39 is 0 Å². The highest BCUT2D eigenvalue weighted by Gasteiger charge is 2.21. The zero-order chi connectivity index (χ0) is 21.0. The molecule has 0 aliphatic rings. The second-order valence-electron chi connectivity index (χ2n) is 6.90. The first-order chi connectivity index (χ1) is 13.9. The highest BCUT2D eigenvalue weighted by molar-refractivity contribution is 7.99. The normalized spacial score (nSPS) is 12.3. The minimum atomic E-state index is -0.321. The third kappa shape index (κ3) is 5.07. The van der Waals surface area contributed by atoms with Crippen molar-refractivity contribution in [1.82, 2.24) is 14.9 Å². The average molecular weight is 432 g/mol. The Hall–Kier alpha value is -2.16. The summed E-state index contributed by atoms with van der Waals surface area (Å²) in [7, 11) is 0. The fourth-order valence-corrected chi connectivity index (χ4v) is 4.98. The molecule has 0 spiro atoms. The van der Waals surface area contributed by atoms with E-state index in [2.05, 4.69) is 9.97 Å². The molecule has 3 rings (SSSR count). The molecule has 0 fully saturated rings. The van der Waals surface area contributed by atoms with Crippen LogP contribution in [0.25, 0.3) is 10.2 Å². The van der Waals surface area contributed by atoms with Crippen LogP contribution in [0.3, 0.4) is 0 Å². The van der Waals surface area contributed by atoms with Crippen LogP contribution in [-0.2, 0) is 17.1 Å². The first-order valence-corrected chi connectivity index (χ1v) is 11.3. The SMILES string of the molecule is Cc1sc2nc(CSC(C)C(=O)N(CCO)Cc3ccccc3)[nH]c(=O)c2c1C. The zero-order valence-electron chi connectivity index (χ0n) is 16.8. The number of H-pyrrole nitrogens is 1. The molecular weight excluding hydrogens is 406 g/mol. The Morgan fingerprint density at radius 3 is 2.72 bits per heavy atom. The van der Waals surface area contributed by atoms with Crippen LogP contribution in [-0.4, -0.2) is 44.3 Å². The van der Waals surface area contributed by atoms with Crippen molar-refractivity contribution in [2.45, 2.75) is 38.3 Å². The summed E-state index contributed by atoms with van der Waals surface area (Å²) in [5, 5.41) is 9.69. The molecule has 1 atom stereocenters. The summed E-state index contributed by atoms with van der Waals surface area (Å²) in [4.78, 5) is 36.2. The molecule has 1 aromatic carbocycles. The number of amides is 1. The lowest BCUT2D eigenvalue weighted by atomic mass is 10.2. The van der Waals surface area contributed by atoms with Crippen molar-refractivity contribution in [3.05, 3.63) is 62.5 Å². The minimum absolute atomic E-state index is 0.0425. The number of fused-ring (bicyclic) bond motifs is 1. The van der Waals surface area contributed by atoms with Crippen LogP contribution in [0.15, 0.2) is 35.1 Å². The zero-order valence-corrected chi connectivity index (χ0v) is 18.4. The van der Waals surface area contributed by atoms with Gasteiger partial charge in [-0.25, -0.2) is 4.98 Å². The van der Waals surface area contributed by atoms with Crippen LogP contribution in [0.1, 0.15) is 28.8 Å². The smallest absolute Gasteiger partial charge is 0.259 e. The number of hydrogen-bond acceptors (Lipinski definition) is 6. The first kappa shape index (κ1) is 21.5. The Balaban J connectivity index is 1.68. The van der Waals surface area contributed by atoms with Crippen molar-refractivity contribution in [1.29, 1.82) is 0 Å². The Labute approximate surface area is 178 Å². The molecule has 1 unspecified atom stereocenters. The number of hydrogen-bond donors (Lipinski definition) is 2. The van der Waals surface area contributed by atoms with Crippen LogP contribution in [0.5, 0.6) is 0 Å². The molecule has 0 saturated carbocycles. The van der Waals surface area contributed by atoms with Crippen LogP contribution in [0.4, 0.5) is 0 Å². The molecule has 6 nitrogen and oxygen atoms in total. The topological polar surface area (TPSA) is 86.3 Å². The summed E-state index contributed by atoms with van der Waals surface area (Å²) in [6, 6.07) is 9.72. The summed E-state index contributed by atoms with van der Waals surface area (Å²) in [6.45, 7) is 6.42. The van der Waals surface area contributed by atoms with Gasteiger partial charge in [-0.2, -0.15) is 0 Å². The molecule has 3 aromatic rings. The average Bonchev–Trinajstić information content (AvgIpc) is 3.00. The van der Waals surface area contributed by atoms with Gasteiger partial charge in [0.2, 0.25) is 5.91 Å². The number of nitrogens with one attached hydrogen (secondary N) is 1. The van der Waals surface area contributed by atoms with Crippen LogP contribution in [0.2, 0.25) is 0 Å². The minimum Gasteiger partial charge on any atom is -0.395 e. The van der Waals surface area contributed by atoms with Gasteiger partial charge in [0.25, 0.3) is 5.56 Å². The number of thiophene rings is 1. The Kier molecular flexibility index (Phi) is 7.10. The van der Waals surface area contributed by atoms with Crippen molar-refractivity contribution >= 4 is 39.2 Å². The molecule has 1 amide bonds. The number of aromatic nitrogens is 2. The monoisotopic (exact) mass is 431 g/mol. The first-order valence-electron chi connectivity index (χ1n) is 9.44. The number of carbonyl (C=O) groups is 1. The van der Waals surface area contributed by atoms with Crippen molar-refractivity contribution in [2.75, 3.05) is 13.2 Å². The number of carbonyl (C=O) groups excluding carboxylic acids is 1. The van der Waals surface area contributed by atoms with Crippen LogP contribution < -0.4 is 5.56 Å². The quantitative estimate of drug-likeness (QED) is 0.572. The second kappa shape index (κ2) is 9.56. The Bertz CT molecular complexity index is 1050. The number of benzene rings is 1. The maximum Gasteiger partial charge on any atom is 0.259 e. The fourth-order valence-electron chi connectivity index (χ4n) is 3.09. The van der Waals surface area contributed by atoms with E-state index in [4.69, 9.17) is 0 Å². The molecule has 8 heteroatoms. The molecule has 2 aromatic heterocycles. The summed E-state index contributed by atoms with van der Waals surface area (Å²) in [5.41, 5.74) is 1.87. The van der Waals surface area contributed by atoms with Gasteiger partial charge in [0.15, 0.2) is 0 Å². The number of aromatic amines is 1. The van der Waals surface area contributed by atoms with Gasteiger partial charge < -0.3 is 15.0 Å². The summed E-state index contributed by atoms with van der Waals surface area (Å²) in [5.74, 6) is 0.969. The number of nitrogens with zero attached hydrogens (tertiary/aromatic N) is 2. The van der Waals surface area contributed by atoms with Crippen LogP contribution >= 0.6 is 23.1 Å². The van der Waals surface area contributed by atoms with Crippen LogP contribution in [0, 0.1) is 13.8 Å². The van der Waals surface area contributed by atoms with Crippen molar-refractivity contribution in [3.8, 4) is 0 Å². The molecule has 0 bridgehead atoms. The van der Waals surface area contributed by atoms with Crippen molar-refractivity contribution in [2.24, 2.45) is 0 Å². The number of rotatable bonds is 8. The highest BCUT2D eigenvalue weighted by atomic mass is 32.2. The van der Waals surface area contributed by atoms with Gasteiger partial charge in [-0.3, -0.25) is 9.59 Å². The molecule has 0 aliphatic carbocycles. The lowest BCUT2D eigenvalue weighted by Crippen LogP contribution is -2.38. The van der Waals surface area contributed by atoms with E-state index >= 15 is 0 Å². The predicted molar refractivity (Wildman–Crippen MR) is 119 cm³/mol. The van der Waals surface area contributed by atoms with Gasteiger partial charge in [-0.1, -0.05) is 30.3 Å². The fraction of sp³-hybridized carbons (Fsp3) is 0.381.